The molecule has 0 aliphatic rings. The number of nitriles is 1. The van der Waals surface area contributed by atoms with Crippen LogP contribution in [0.3, 0.4) is 0 Å². The first-order valence-electron chi connectivity index (χ1n) is 11.3. The average Bonchev–Trinajstić information content (AvgIpc) is 2.87. The number of hydrogen-bond acceptors (Lipinski definition) is 10. The largest absolute Gasteiger partial charge is 0.493 e. The molecule has 0 radical (unpaired) electrons. The molecular weight excluding hydrogens is 514 g/mol. The maximum atomic E-state index is 11.6. The van der Waals surface area contributed by atoms with Crippen molar-refractivity contribution in [1.29, 1.82) is 5.26 Å². The molecule has 3 rings (SSSR count). The summed E-state index contributed by atoms with van der Waals surface area (Å²) in [6, 6.07) is 11.5. The first-order valence-corrected chi connectivity index (χ1v) is 13.8. The summed E-state index contributed by atoms with van der Waals surface area (Å²) in [5, 5.41) is 18.9. The third-order valence-electron chi connectivity index (χ3n) is 5.31. The Hall–Kier alpha value is -3.53. The second-order valence-corrected chi connectivity index (χ2v) is 11.0. The van der Waals surface area contributed by atoms with Gasteiger partial charge >= 0.3 is 0 Å². The van der Waals surface area contributed by atoms with Gasteiger partial charge in [0, 0.05) is 17.0 Å². The lowest BCUT2D eigenvalue weighted by molar-refractivity contribution is 0.324. The zero-order valence-corrected chi connectivity index (χ0v) is 22.9. The molecule has 0 saturated heterocycles. The van der Waals surface area contributed by atoms with Gasteiger partial charge in [-0.25, -0.2) is 23.5 Å². The van der Waals surface area contributed by atoms with E-state index in [4.69, 9.17) is 24.3 Å². The van der Waals surface area contributed by atoms with Gasteiger partial charge in [0.2, 0.25) is 15.8 Å². The van der Waals surface area contributed by atoms with Crippen LogP contribution in [0.1, 0.15) is 25.8 Å². The van der Waals surface area contributed by atoms with Crippen LogP contribution in [0.15, 0.2) is 46.5 Å². The molecule has 196 valence electrons. The van der Waals surface area contributed by atoms with E-state index in [2.05, 4.69) is 30.2 Å². The Morgan fingerprint density at radius 1 is 1.05 bits per heavy atom. The van der Waals surface area contributed by atoms with Crippen molar-refractivity contribution in [2.75, 3.05) is 32.4 Å². The van der Waals surface area contributed by atoms with Gasteiger partial charge in [0.05, 0.1) is 31.9 Å². The van der Waals surface area contributed by atoms with Gasteiger partial charge in [0.15, 0.2) is 22.5 Å². The Bertz CT molecular complexity index is 1380. The van der Waals surface area contributed by atoms with Crippen LogP contribution in [-0.2, 0) is 10.0 Å². The van der Waals surface area contributed by atoms with Gasteiger partial charge in [0.25, 0.3) is 0 Å². The standard InChI is InChI=1S/C25H29N5O5S2/c1-15(2)10-11-36-25-29-22(16-12-20(33-3)23(35-5)21(13-16)34-4)19(14-26)24(30-25)28-17-6-8-18(9-7-17)37(27,31)32/h6-9,12-13,15H,10-11H2,1-5H3,(H2,27,31,32)(H,28,29,30). The lowest BCUT2D eigenvalue weighted by Crippen LogP contribution is -2.12. The summed E-state index contributed by atoms with van der Waals surface area (Å²) in [7, 11) is 0.701. The molecule has 0 bridgehead atoms. The summed E-state index contributed by atoms with van der Waals surface area (Å²) in [5.74, 6) is 2.83. The van der Waals surface area contributed by atoms with Crippen LogP contribution in [0, 0.1) is 17.2 Å². The summed E-state index contributed by atoms with van der Waals surface area (Å²) in [5.41, 5.74) is 1.67. The normalized spacial score (nSPS) is 11.2. The number of nitrogens with zero attached hydrogens (tertiary/aromatic N) is 3. The Morgan fingerprint density at radius 3 is 2.16 bits per heavy atom. The number of rotatable bonds is 11. The van der Waals surface area contributed by atoms with Gasteiger partial charge in [-0.3, -0.25) is 0 Å². The fourth-order valence-corrected chi connectivity index (χ4v) is 4.98. The number of thioether (sulfide) groups is 1. The van der Waals surface area contributed by atoms with Crippen molar-refractivity contribution in [3.05, 3.63) is 42.0 Å². The zero-order valence-electron chi connectivity index (χ0n) is 21.2. The number of nitrogens with two attached hydrogens (primary N) is 1. The zero-order chi connectivity index (χ0) is 27.2. The highest BCUT2D eigenvalue weighted by atomic mass is 32.2. The minimum atomic E-state index is -3.83. The fourth-order valence-electron chi connectivity index (χ4n) is 3.38. The van der Waals surface area contributed by atoms with Gasteiger partial charge in [-0.05, 0) is 48.7 Å². The fraction of sp³-hybridized carbons (Fsp3) is 0.320. The minimum absolute atomic E-state index is 0.0238. The van der Waals surface area contributed by atoms with Crippen molar-refractivity contribution in [3.63, 3.8) is 0 Å². The number of hydrogen-bond donors (Lipinski definition) is 2. The third-order valence-corrected chi connectivity index (χ3v) is 7.12. The van der Waals surface area contributed by atoms with Crippen LogP contribution in [0.4, 0.5) is 11.5 Å². The molecule has 2 aromatic carbocycles. The molecule has 37 heavy (non-hydrogen) atoms. The Morgan fingerprint density at radius 2 is 1.68 bits per heavy atom. The molecule has 0 aliphatic carbocycles. The number of methoxy groups -OCH3 is 3. The lowest BCUT2D eigenvalue weighted by atomic mass is 10.1. The van der Waals surface area contributed by atoms with Crippen LogP contribution in [-0.4, -0.2) is 45.5 Å². The number of benzene rings is 2. The molecule has 1 heterocycles. The van der Waals surface area contributed by atoms with E-state index in [1.807, 2.05) is 0 Å². The predicted octanol–water partition coefficient (Wildman–Crippen LogP) is 4.57. The van der Waals surface area contributed by atoms with Crippen molar-refractivity contribution in [2.45, 2.75) is 30.3 Å². The second-order valence-electron chi connectivity index (χ2n) is 8.33. The SMILES string of the molecule is COc1cc(-c2nc(SCCC(C)C)nc(Nc3ccc(S(N)(=O)=O)cc3)c2C#N)cc(OC)c1OC. The van der Waals surface area contributed by atoms with Gasteiger partial charge in [-0.1, -0.05) is 25.6 Å². The van der Waals surface area contributed by atoms with Crippen LogP contribution >= 0.6 is 11.8 Å². The van der Waals surface area contributed by atoms with Crippen molar-refractivity contribution < 1.29 is 22.6 Å². The maximum absolute atomic E-state index is 11.6. The van der Waals surface area contributed by atoms with E-state index in [-0.39, 0.29) is 16.3 Å². The first-order chi connectivity index (χ1) is 17.6. The second kappa shape index (κ2) is 12.1. The number of nitrogens with one attached hydrogen (secondary N) is 1. The van der Waals surface area contributed by atoms with Crippen molar-refractivity contribution >= 4 is 33.3 Å². The molecule has 0 amide bonds. The molecule has 0 fully saturated rings. The molecule has 12 heteroatoms. The minimum Gasteiger partial charge on any atom is -0.493 e. The summed E-state index contributed by atoms with van der Waals surface area (Å²) in [6.07, 6.45) is 0.964. The van der Waals surface area contributed by atoms with Crippen LogP contribution < -0.4 is 24.7 Å². The average molecular weight is 544 g/mol. The topological polar surface area (TPSA) is 149 Å². The van der Waals surface area contributed by atoms with Gasteiger partial charge in [-0.2, -0.15) is 5.26 Å². The van der Waals surface area contributed by atoms with E-state index >= 15 is 0 Å². The van der Waals surface area contributed by atoms with E-state index in [0.717, 1.165) is 12.2 Å². The van der Waals surface area contributed by atoms with E-state index in [9.17, 15) is 13.7 Å². The summed E-state index contributed by atoms with van der Waals surface area (Å²) >= 11 is 1.48. The predicted molar refractivity (Wildman–Crippen MR) is 143 cm³/mol. The molecule has 0 aliphatic heterocycles. The third kappa shape index (κ3) is 6.82. The molecule has 0 atom stereocenters. The number of primary sulfonamides is 1. The number of anilines is 2. The van der Waals surface area contributed by atoms with E-state index < -0.39 is 10.0 Å². The van der Waals surface area contributed by atoms with Crippen LogP contribution in [0.2, 0.25) is 0 Å². The summed E-state index contributed by atoms with van der Waals surface area (Å²) in [4.78, 5) is 9.28. The Kier molecular flexibility index (Phi) is 9.20. The van der Waals surface area contributed by atoms with E-state index in [1.165, 1.54) is 45.2 Å². The quantitative estimate of drug-likeness (QED) is 0.260. The number of ether oxygens (including phenoxy) is 3. The summed E-state index contributed by atoms with van der Waals surface area (Å²) < 4.78 is 39.6. The lowest BCUT2D eigenvalue weighted by Gasteiger charge is -2.16. The van der Waals surface area contributed by atoms with E-state index in [1.54, 1.807) is 24.3 Å². The Labute approximate surface area is 221 Å². The van der Waals surface area contributed by atoms with Crippen LogP contribution in [0.5, 0.6) is 17.2 Å². The highest BCUT2D eigenvalue weighted by Gasteiger charge is 2.21. The smallest absolute Gasteiger partial charge is 0.238 e. The van der Waals surface area contributed by atoms with Gasteiger partial charge < -0.3 is 19.5 Å². The molecule has 3 N–H and O–H groups in total. The van der Waals surface area contributed by atoms with Gasteiger partial charge in [-0.15, -0.1) is 0 Å². The molecule has 0 saturated carbocycles. The van der Waals surface area contributed by atoms with E-state index in [0.29, 0.717) is 45.3 Å². The van der Waals surface area contributed by atoms with Crippen molar-refractivity contribution in [3.8, 4) is 34.6 Å². The maximum Gasteiger partial charge on any atom is 0.238 e. The van der Waals surface area contributed by atoms with Gasteiger partial charge in [0.1, 0.15) is 11.6 Å². The molecule has 0 spiro atoms. The Balaban J connectivity index is 2.15. The molecule has 3 aromatic rings. The number of aromatic nitrogens is 2. The van der Waals surface area contributed by atoms with Crippen molar-refractivity contribution in [1.82, 2.24) is 9.97 Å². The molecular formula is C25H29N5O5S2. The van der Waals surface area contributed by atoms with Crippen molar-refractivity contribution in [2.24, 2.45) is 11.1 Å². The monoisotopic (exact) mass is 543 g/mol. The molecule has 10 nitrogen and oxygen atoms in total. The first kappa shape index (κ1) is 28.0. The summed E-state index contributed by atoms with van der Waals surface area (Å²) in [6.45, 7) is 4.28. The molecule has 0 unspecified atom stereocenters. The number of sulfonamides is 1. The molecule has 1 aromatic heterocycles. The highest BCUT2D eigenvalue weighted by molar-refractivity contribution is 7.99. The van der Waals surface area contributed by atoms with Crippen LogP contribution in [0.25, 0.3) is 11.3 Å². The highest BCUT2D eigenvalue weighted by Crippen LogP contribution is 2.42.